The van der Waals surface area contributed by atoms with E-state index in [1.54, 1.807) is 6.07 Å². The number of rotatable bonds is 5. The van der Waals surface area contributed by atoms with Gasteiger partial charge in [-0.1, -0.05) is 18.2 Å². The van der Waals surface area contributed by atoms with Gasteiger partial charge in [0, 0.05) is 19.1 Å². The molecule has 0 aliphatic rings. The lowest BCUT2D eigenvalue weighted by Gasteiger charge is -2.14. The van der Waals surface area contributed by atoms with Crippen molar-refractivity contribution in [2.24, 2.45) is 0 Å². The molecule has 0 saturated carbocycles. The highest BCUT2D eigenvalue weighted by atomic mass is 19.4. The van der Waals surface area contributed by atoms with Gasteiger partial charge in [0.1, 0.15) is 0 Å². The number of halogens is 3. The lowest BCUT2D eigenvalue weighted by molar-refractivity contribution is -0.137. The monoisotopic (exact) mass is 246 g/mol. The minimum atomic E-state index is -4.27. The Kier molecular flexibility index (Phi) is 4.96. The fourth-order valence-electron chi connectivity index (χ4n) is 1.53. The van der Waals surface area contributed by atoms with Crippen molar-refractivity contribution in [2.75, 3.05) is 13.6 Å². The lowest BCUT2D eigenvalue weighted by atomic mass is 10.1. The molecule has 0 heterocycles. The average Bonchev–Trinajstić information content (AvgIpc) is 2.26. The molecule has 0 aliphatic heterocycles. The van der Waals surface area contributed by atoms with Crippen LogP contribution in [0.5, 0.6) is 0 Å². The van der Waals surface area contributed by atoms with Gasteiger partial charge in [-0.25, -0.2) is 0 Å². The topological polar surface area (TPSA) is 24.1 Å². The molecule has 0 aromatic heterocycles. The molecule has 0 fully saturated rings. The van der Waals surface area contributed by atoms with Gasteiger partial charge in [0.2, 0.25) is 0 Å². The van der Waals surface area contributed by atoms with Crippen LogP contribution in [0.15, 0.2) is 24.3 Å². The Morgan fingerprint density at radius 1 is 1.29 bits per heavy atom. The van der Waals surface area contributed by atoms with E-state index in [0.29, 0.717) is 12.1 Å². The number of likely N-dealkylation sites (N-methyl/N-ethyl adjacent to an activating group) is 1. The average molecular weight is 246 g/mol. The highest BCUT2D eigenvalue weighted by Gasteiger charge is 2.30. The summed E-state index contributed by atoms with van der Waals surface area (Å²) in [6.45, 7) is 3.19. The van der Waals surface area contributed by atoms with E-state index in [1.807, 2.05) is 14.0 Å². The molecule has 5 heteroatoms. The maximum Gasteiger partial charge on any atom is 0.416 e. The summed E-state index contributed by atoms with van der Waals surface area (Å²) in [5.74, 6) is 0. The number of benzene rings is 1. The summed E-state index contributed by atoms with van der Waals surface area (Å²) in [7, 11) is 1.84. The molecule has 0 spiro atoms. The third kappa shape index (κ3) is 4.75. The molecule has 1 rings (SSSR count). The van der Waals surface area contributed by atoms with Gasteiger partial charge >= 0.3 is 6.18 Å². The first-order valence-corrected chi connectivity index (χ1v) is 5.47. The van der Waals surface area contributed by atoms with Gasteiger partial charge in [0.25, 0.3) is 0 Å². The van der Waals surface area contributed by atoms with Gasteiger partial charge in [-0.05, 0) is 25.6 Å². The van der Waals surface area contributed by atoms with Crippen LogP contribution < -0.4 is 10.6 Å². The molecule has 1 atom stereocenters. The zero-order valence-corrected chi connectivity index (χ0v) is 9.93. The van der Waals surface area contributed by atoms with Crippen molar-refractivity contribution in [3.63, 3.8) is 0 Å². The van der Waals surface area contributed by atoms with Crippen molar-refractivity contribution in [3.8, 4) is 0 Å². The summed E-state index contributed by atoms with van der Waals surface area (Å²) in [5.41, 5.74) is 0.0425. The highest BCUT2D eigenvalue weighted by molar-refractivity contribution is 5.25. The molecule has 0 amide bonds. The summed E-state index contributed by atoms with van der Waals surface area (Å²) in [5, 5.41) is 6.15. The van der Waals surface area contributed by atoms with Crippen molar-refractivity contribution < 1.29 is 13.2 Å². The van der Waals surface area contributed by atoms with E-state index < -0.39 is 11.7 Å². The molecule has 2 nitrogen and oxygen atoms in total. The van der Waals surface area contributed by atoms with Crippen LogP contribution in [0.25, 0.3) is 0 Å². The van der Waals surface area contributed by atoms with Crippen LogP contribution in [0, 0.1) is 0 Å². The van der Waals surface area contributed by atoms with Gasteiger partial charge in [0.05, 0.1) is 5.56 Å². The smallest absolute Gasteiger partial charge is 0.318 e. The fourth-order valence-corrected chi connectivity index (χ4v) is 1.53. The highest BCUT2D eigenvalue weighted by Crippen LogP contribution is 2.29. The van der Waals surface area contributed by atoms with Crippen molar-refractivity contribution in [3.05, 3.63) is 35.4 Å². The summed E-state index contributed by atoms with van der Waals surface area (Å²) < 4.78 is 37.4. The maximum atomic E-state index is 12.5. The summed E-state index contributed by atoms with van der Waals surface area (Å²) in [4.78, 5) is 0. The van der Waals surface area contributed by atoms with Crippen LogP contribution in [0.3, 0.4) is 0 Å². The van der Waals surface area contributed by atoms with Gasteiger partial charge in [-0.3, -0.25) is 0 Å². The van der Waals surface area contributed by atoms with Crippen molar-refractivity contribution >= 4 is 0 Å². The second kappa shape index (κ2) is 6.02. The van der Waals surface area contributed by atoms with E-state index in [9.17, 15) is 13.2 Å². The number of hydrogen-bond acceptors (Lipinski definition) is 2. The first-order chi connectivity index (χ1) is 7.93. The quantitative estimate of drug-likeness (QED) is 0.833. The van der Waals surface area contributed by atoms with E-state index in [0.717, 1.165) is 12.6 Å². The number of nitrogens with one attached hydrogen (secondary N) is 2. The van der Waals surface area contributed by atoms with E-state index in [1.165, 1.54) is 12.1 Å². The molecular weight excluding hydrogens is 229 g/mol. The van der Waals surface area contributed by atoms with Crippen LogP contribution in [-0.4, -0.2) is 19.6 Å². The molecule has 2 N–H and O–H groups in total. The minimum absolute atomic E-state index is 0.217. The van der Waals surface area contributed by atoms with Crippen LogP contribution >= 0.6 is 0 Å². The molecule has 0 bridgehead atoms. The molecule has 17 heavy (non-hydrogen) atoms. The fraction of sp³-hybridized carbons (Fsp3) is 0.500. The molecule has 1 aromatic rings. The Bertz CT molecular complexity index is 350. The Morgan fingerprint density at radius 2 is 2.00 bits per heavy atom. The normalized spacial score (nSPS) is 13.7. The summed E-state index contributed by atoms with van der Waals surface area (Å²) in [6, 6.07) is 5.60. The standard InChI is InChI=1S/C12H17F3N2/c1-9(7-16-2)17-8-10-4-3-5-11(6-10)12(13,14)15/h3-6,9,16-17H,7-8H2,1-2H3. The molecule has 0 saturated heterocycles. The zero-order chi connectivity index (χ0) is 12.9. The Hall–Kier alpha value is -1.07. The van der Waals surface area contributed by atoms with E-state index in [-0.39, 0.29) is 6.04 Å². The predicted molar refractivity (Wildman–Crippen MR) is 61.7 cm³/mol. The van der Waals surface area contributed by atoms with E-state index >= 15 is 0 Å². The van der Waals surface area contributed by atoms with E-state index in [2.05, 4.69) is 10.6 Å². The molecule has 0 aliphatic carbocycles. The Labute approximate surface area is 99.2 Å². The Balaban J connectivity index is 2.60. The van der Waals surface area contributed by atoms with Gasteiger partial charge in [-0.15, -0.1) is 0 Å². The van der Waals surface area contributed by atoms with Gasteiger partial charge < -0.3 is 10.6 Å². The minimum Gasteiger partial charge on any atom is -0.318 e. The van der Waals surface area contributed by atoms with Crippen LogP contribution in [-0.2, 0) is 12.7 Å². The number of alkyl halides is 3. The van der Waals surface area contributed by atoms with Crippen molar-refractivity contribution in [1.82, 2.24) is 10.6 Å². The van der Waals surface area contributed by atoms with Crippen LogP contribution in [0.2, 0.25) is 0 Å². The second-order valence-electron chi connectivity index (χ2n) is 4.04. The zero-order valence-electron chi connectivity index (χ0n) is 9.93. The number of hydrogen-bond donors (Lipinski definition) is 2. The second-order valence-corrected chi connectivity index (χ2v) is 4.04. The largest absolute Gasteiger partial charge is 0.416 e. The lowest BCUT2D eigenvalue weighted by Crippen LogP contribution is -2.34. The first kappa shape index (κ1) is 14.0. The maximum absolute atomic E-state index is 12.5. The summed E-state index contributed by atoms with van der Waals surface area (Å²) in [6.07, 6.45) is -4.27. The van der Waals surface area contributed by atoms with Crippen molar-refractivity contribution in [2.45, 2.75) is 25.7 Å². The molecule has 96 valence electrons. The molecule has 1 aromatic carbocycles. The van der Waals surface area contributed by atoms with Crippen LogP contribution in [0.1, 0.15) is 18.1 Å². The first-order valence-electron chi connectivity index (χ1n) is 5.47. The van der Waals surface area contributed by atoms with Gasteiger partial charge in [-0.2, -0.15) is 13.2 Å². The van der Waals surface area contributed by atoms with Crippen LogP contribution in [0.4, 0.5) is 13.2 Å². The predicted octanol–water partition coefficient (Wildman–Crippen LogP) is 2.40. The molecule has 0 radical (unpaired) electrons. The third-order valence-electron chi connectivity index (χ3n) is 2.42. The SMILES string of the molecule is CNCC(C)NCc1cccc(C(F)(F)F)c1. The third-order valence-corrected chi connectivity index (χ3v) is 2.42. The van der Waals surface area contributed by atoms with Crippen molar-refractivity contribution in [1.29, 1.82) is 0 Å². The molecule has 1 unspecified atom stereocenters. The Morgan fingerprint density at radius 3 is 2.59 bits per heavy atom. The van der Waals surface area contributed by atoms with E-state index in [4.69, 9.17) is 0 Å². The summed E-state index contributed by atoms with van der Waals surface area (Å²) >= 11 is 0. The molecular formula is C12H17F3N2. The van der Waals surface area contributed by atoms with Gasteiger partial charge in [0.15, 0.2) is 0 Å².